The first kappa shape index (κ1) is 20.0. The second kappa shape index (κ2) is 7.69. The summed E-state index contributed by atoms with van der Waals surface area (Å²) in [6.07, 6.45) is 4.83. The van der Waals surface area contributed by atoms with Crippen LogP contribution in [0.1, 0.15) is 45.7 Å². The first-order valence-electron chi connectivity index (χ1n) is 9.26. The molecule has 0 aliphatic heterocycles. The topological polar surface area (TPSA) is 89.2 Å². The fraction of sp³-hybridized carbons (Fsp3) is 0.579. The first-order valence-corrected chi connectivity index (χ1v) is 10.4. The van der Waals surface area contributed by atoms with Gasteiger partial charge in [0.1, 0.15) is 0 Å². The van der Waals surface area contributed by atoms with Crippen LogP contribution in [0.2, 0.25) is 0 Å². The number of nitrogens with zero attached hydrogens (tertiary/aromatic N) is 3. The van der Waals surface area contributed by atoms with E-state index in [2.05, 4.69) is 31.6 Å². The average Bonchev–Trinajstić information content (AvgIpc) is 2.83. The lowest BCUT2D eigenvalue weighted by molar-refractivity contribution is 0.342. The molecule has 8 heteroatoms. The standard InChI is InChI=1S/C19H28N4O3S/c1-19(2,3)12-23-16-10-9-15(21-17(16)22(4)18(23)24)14-7-5-13(6-8-14)11-20-27(25)26/h7,9-10,13,20H,5-6,8,11-12H2,1-4H3,(H,25,26). The van der Waals surface area contributed by atoms with E-state index in [4.69, 9.17) is 9.54 Å². The number of hydrogen-bond donors (Lipinski definition) is 2. The third-order valence-corrected chi connectivity index (χ3v) is 5.37. The van der Waals surface area contributed by atoms with Gasteiger partial charge in [0, 0.05) is 20.1 Å². The van der Waals surface area contributed by atoms with Crippen molar-refractivity contribution in [3.8, 4) is 0 Å². The van der Waals surface area contributed by atoms with Gasteiger partial charge in [0.25, 0.3) is 0 Å². The Balaban J connectivity index is 1.87. The zero-order valence-electron chi connectivity index (χ0n) is 16.4. The number of aryl methyl sites for hydroxylation is 1. The van der Waals surface area contributed by atoms with Crippen molar-refractivity contribution in [2.75, 3.05) is 6.54 Å². The van der Waals surface area contributed by atoms with Crippen molar-refractivity contribution in [1.29, 1.82) is 0 Å². The van der Waals surface area contributed by atoms with Crippen molar-refractivity contribution < 1.29 is 8.76 Å². The highest BCUT2D eigenvalue weighted by Crippen LogP contribution is 2.30. The van der Waals surface area contributed by atoms with E-state index in [1.807, 2.05) is 12.1 Å². The second-order valence-corrected chi connectivity index (χ2v) is 9.28. The van der Waals surface area contributed by atoms with E-state index in [0.717, 1.165) is 30.5 Å². The number of allylic oxidation sites excluding steroid dienone is 2. The molecule has 27 heavy (non-hydrogen) atoms. The molecule has 2 aromatic heterocycles. The van der Waals surface area contributed by atoms with Crippen LogP contribution in [0, 0.1) is 11.3 Å². The number of rotatable bonds is 5. The summed E-state index contributed by atoms with van der Waals surface area (Å²) in [6.45, 7) is 7.52. The lowest BCUT2D eigenvalue weighted by Gasteiger charge is -2.21. The molecule has 2 aromatic rings. The predicted octanol–water partition coefficient (Wildman–Crippen LogP) is 2.69. The summed E-state index contributed by atoms with van der Waals surface area (Å²) in [5.74, 6) is 0.353. The molecule has 2 atom stereocenters. The number of aromatic nitrogens is 3. The van der Waals surface area contributed by atoms with E-state index in [-0.39, 0.29) is 11.1 Å². The first-order chi connectivity index (χ1) is 12.7. The van der Waals surface area contributed by atoms with Crippen molar-refractivity contribution in [2.24, 2.45) is 18.4 Å². The van der Waals surface area contributed by atoms with Gasteiger partial charge in [0.2, 0.25) is 11.3 Å². The van der Waals surface area contributed by atoms with Gasteiger partial charge >= 0.3 is 5.69 Å². The molecule has 2 unspecified atom stereocenters. The Kier molecular flexibility index (Phi) is 5.69. The largest absolute Gasteiger partial charge is 0.330 e. The monoisotopic (exact) mass is 392 g/mol. The minimum absolute atomic E-state index is 0.00393. The summed E-state index contributed by atoms with van der Waals surface area (Å²) in [4.78, 5) is 17.4. The molecule has 2 heterocycles. The zero-order chi connectivity index (χ0) is 19.8. The van der Waals surface area contributed by atoms with Gasteiger partial charge in [0.15, 0.2) is 5.65 Å². The van der Waals surface area contributed by atoms with E-state index in [1.54, 1.807) is 16.2 Å². The Morgan fingerprint density at radius 2 is 2.11 bits per heavy atom. The molecule has 0 saturated heterocycles. The lowest BCUT2D eigenvalue weighted by Crippen LogP contribution is -2.27. The zero-order valence-corrected chi connectivity index (χ0v) is 17.2. The third-order valence-electron chi connectivity index (χ3n) is 4.96. The van der Waals surface area contributed by atoms with Gasteiger partial charge < -0.3 is 0 Å². The maximum absolute atomic E-state index is 12.6. The molecule has 0 bridgehead atoms. The number of hydrogen-bond acceptors (Lipinski definition) is 3. The minimum Gasteiger partial charge on any atom is -0.294 e. The molecule has 148 valence electrons. The number of pyridine rings is 1. The minimum atomic E-state index is -1.96. The molecule has 3 rings (SSSR count). The summed E-state index contributed by atoms with van der Waals surface area (Å²) in [6, 6.07) is 3.99. The molecule has 0 fully saturated rings. The molecule has 1 aliphatic carbocycles. The quantitative estimate of drug-likeness (QED) is 0.766. The summed E-state index contributed by atoms with van der Waals surface area (Å²) < 4.78 is 25.6. The van der Waals surface area contributed by atoms with Gasteiger partial charge in [-0.2, -0.15) is 0 Å². The molecule has 0 amide bonds. The van der Waals surface area contributed by atoms with E-state index < -0.39 is 11.3 Å². The molecule has 0 spiro atoms. The Bertz CT molecular complexity index is 952. The van der Waals surface area contributed by atoms with Crippen molar-refractivity contribution in [3.63, 3.8) is 0 Å². The smallest absolute Gasteiger partial charge is 0.294 e. The highest BCUT2D eigenvalue weighted by atomic mass is 32.2. The van der Waals surface area contributed by atoms with Crippen molar-refractivity contribution in [3.05, 3.63) is 34.4 Å². The molecule has 0 saturated carbocycles. The van der Waals surface area contributed by atoms with E-state index in [9.17, 15) is 9.00 Å². The molecular weight excluding hydrogens is 364 g/mol. The van der Waals surface area contributed by atoms with Crippen LogP contribution < -0.4 is 10.4 Å². The normalized spacial score (nSPS) is 19.3. The van der Waals surface area contributed by atoms with Crippen LogP contribution in [0.4, 0.5) is 0 Å². The maximum atomic E-state index is 12.6. The highest BCUT2D eigenvalue weighted by molar-refractivity contribution is 7.77. The van der Waals surface area contributed by atoms with Crippen LogP contribution in [-0.2, 0) is 24.9 Å². The van der Waals surface area contributed by atoms with Gasteiger partial charge in [-0.3, -0.25) is 13.7 Å². The van der Waals surface area contributed by atoms with E-state index in [1.165, 1.54) is 5.57 Å². The molecule has 0 aromatic carbocycles. The Hall–Kier alpha value is -1.77. The van der Waals surface area contributed by atoms with Crippen LogP contribution in [0.3, 0.4) is 0 Å². The van der Waals surface area contributed by atoms with Crippen LogP contribution >= 0.6 is 0 Å². The maximum Gasteiger partial charge on any atom is 0.330 e. The molecule has 1 aliphatic rings. The van der Waals surface area contributed by atoms with Gasteiger partial charge in [-0.15, -0.1) is 0 Å². The molecule has 2 N–H and O–H groups in total. The van der Waals surface area contributed by atoms with Crippen LogP contribution in [0.5, 0.6) is 0 Å². The number of imidazole rings is 1. The predicted molar refractivity (Wildman–Crippen MR) is 109 cm³/mol. The van der Waals surface area contributed by atoms with Crippen molar-refractivity contribution >= 4 is 28.0 Å². The van der Waals surface area contributed by atoms with Gasteiger partial charge in [-0.1, -0.05) is 26.8 Å². The van der Waals surface area contributed by atoms with Gasteiger partial charge in [-0.25, -0.2) is 18.7 Å². The highest BCUT2D eigenvalue weighted by Gasteiger charge is 2.20. The summed E-state index contributed by atoms with van der Waals surface area (Å²) >= 11 is -1.96. The SMILES string of the molecule is Cn1c(=O)n(CC(C)(C)C)c2ccc(C3=CCC(CNS(=O)O)CC3)nc21. The fourth-order valence-corrected chi connectivity index (χ4v) is 3.95. The lowest BCUT2D eigenvalue weighted by atomic mass is 9.88. The second-order valence-electron chi connectivity index (χ2n) is 8.50. The average molecular weight is 393 g/mol. The van der Waals surface area contributed by atoms with Gasteiger partial charge in [-0.05, 0) is 48.3 Å². The Labute approximate surface area is 161 Å². The third kappa shape index (κ3) is 4.56. The van der Waals surface area contributed by atoms with E-state index in [0.29, 0.717) is 24.7 Å². The van der Waals surface area contributed by atoms with Crippen molar-refractivity contribution in [1.82, 2.24) is 18.8 Å². The van der Waals surface area contributed by atoms with Crippen LogP contribution in [0.15, 0.2) is 23.0 Å². The van der Waals surface area contributed by atoms with E-state index >= 15 is 0 Å². The van der Waals surface area contributed by atoms with Gasteiger partial charge in [0.05, 0.1) is 11.2 Å². The molecule has 7 nitrogen and oxygen atoms in total. The summed E-state index contributed by atoms with van der Waals surface area (Å²) in [5, 5.41) is 0. The fourth-order valence-electron chi connectivity index (χ4n) is 3.57. The Morgan fingerprint density at radius 3 is 2.70 bits per heavy atom. The number of fused-ring (bicyclic) bond motifs is 1. The van der Waals surface area contributed by atoms with Crippen molar-refractivity contribution in [2.45, 2.75) is 46.6 Å². The summed E-state index contributed by atoms with van der Waals surface area (Å²) in [7, 11) is 1.77. The molecular formula is C19H28N4O3S. The number of nitrogens with one attached hydrogen (secondary N) is 1. The summed E-state index contributed by atoms with van der Waals surface area (Å²) in [5.41, 5.74) is 3.62. The van der Waals surface area contributed by atoms with Crippen LogP contribution in [-0.4, -0.2) is 29.4 Å². The Morgan fingerprint density at radius 1 is 1.37 bits per heavy atom. The van der Waals surface area contributed by atoms with Crippen LogP contribution in [0.25, 0.3) is 16.7 Å². The molecule has 0 radical (unpaired) electrons.